The number of nitrogen functional groups attached to an aromatic ring is 1. The summed E-state index contributed by atoms with van der Waals surface area (Å²) in [6, 6.07) is 51.8. The fourth-order valence-electron chi connectivity index (χ4n) is 6.99. The van der Waals surface area contributed by atoms with Crippen LogP contribution in [0.15, 0.2) is 196 Å². The summed E-state index contributed by atoms with van der Waals surface area (Å²) in [6.07, 6.45) is 4.97. The molecule has 1 aliphatic heterocycles. The third kappa shape index (κ3) is 115. The van der Waals surface area contributed by atoms with Gasteiger partial charge in [0.25, 0.3) is 31.6 Å². The Morgan fingerprint density at radius 2 is 0.831 bits per heavy atom. The quantitative estimate of drug-likeness (QED) is 0.0187. The molecule has 0 unspecified atom stereocenters. The normalized spacial score (nSPS) is 11.2. The molecule has 0 atom stereocenters. The van der Waals surface area contributed by atoms with Crippen LogP contribution in [-0.4, -0.2) is 154 Å². The molecule has 8 rings (SSSR count). The van der Waals surface area contributed by atoms with Crippen LogP contribution < -0.4 is 159 Å². The zero-order valence-electron chi connectivity index (χ0n) is 74.6. The molecule has 1 saturated heterocycles. The van der Waals surface area contributed by atoms with Crippen LogP contribution in [-0.2, 0) is 121 Å². The summed E-state index contributed by atoms with van der Waals surface area (Å²) < 4.78 is 194. The van der Waals surface area contributed by atoms with Crippen LogP contribution in [0.4, 0.5) is 26.7 Å². The minimum Gasteiger partial charge on any atom is -0.550 e. The number of nitrogens with one attached hydrogen (secondary N) is 9. The summed E-state index contributed by atoms with van der Waals surface area (Å²) in [4.78, 5) is 56.0. The molecular weight excluding hydrogens is 2010 g/mol. The van der Waals surface area contributed by atoms with Crippen LogP contribution in [0.5, 0.6) is 0 Å². The van der Waals surface area contributed by atoms with E-state index in [1.165, 1.54) is 41.1 Å². The van der Waals surface area contributed by atoms with Crippen molar-refractivity contribution >= 4 is 162 Å². The van der Waals surface area contributed by atoms with Crippen molar-refractivity contribution in [2.24, 2.45) is 24.8 Å². The third-order valence-corrected chi connectivity index (χ3v) is 16.0. The van der Waals surface area contributed by atoms with Crippen LogP contribution in [0.25, 0.3) is 10.3 Å². The van der Waals surface area contributed by atoms with Gasteiger partial charge >= 0.3 is 159 Å². The van der Waals surface area contributed by atoms with Crippen molar-refractivity contribution in [3.05, 3.63) is 236 Å². The molecule has 0 radical (unpaired) electrons. The number of rotatable bonds is 18. The number of anilines is 3. The Morgan fingerprint density at radius 1 is 0.523 bits per heavy atom. The molecule has 57 heteroatoms. The Kier molecular flexibility index (Phi) is 81.8. The SMILES string of the molecule is C1CCOC1.CC(C)(C)O.CC(C)(C)OC(=O)NS(=O)(=O)Cl.CC(C)(C)OC(=O)NS(=O)(=O)NCc1ccccc1.CC(C)c1ccc(N)cc1.CC(C)c1ccc(NS(N)(=O)=O)cc1.CC(C)c1ccc(NS([NH-])(=O)=O)cc1.CO.NCc1ccccc1.NS(=O)(=O)Cl.O.O=C=NS(=O)(=O)Cl.O=C=NS(=O)(=O)Cl.O=c1nccc[nH]1.[K+].[K+].[NH-]S(=O)(=O)NCc1ccccc1. The molecule has 2 heterocycles. The second kappa shape index (κ2) is 74.7. The average molecular weight is 2130 g/mol. The Morgan fingerprint density at radius 3 is 1.05 bits per heavy atom. The van der Waals surface area contributed by atoms with Gasteiger partial charge in [0, 0.05) is 112 Å². The smallest absolute Gasteiger partial charge is 0.550 e. The number of aromatic nitrogens is 2. The zero-order valence-corrected chi connectivity index (χ0v) is 90.4. The van der Waals surface area contributed by atoms with Gasteiger partial charge in [0.1, 0.15) is 21.4 Å². The van der Waals surface area contributed by atoms with E-state index in [4.69, 9.17) is 66.8 Å². The summed E-state index contributed by atoms with van der Waals surface area (Å²) >= 11 is 0. The Labute approximate surface area is 866 Å². The number of H-pyrrole nitrogens is 1. The molecule has 1 fully saturated rings. The topological polar surface area (TPSA) is 735 Å². The maximum Gasteiger partial charge on any atom is 1.00 e. The average Bonchev–Trinajstić information content (AvgIpc) is 1.05. The van der Waals surface area contributed by atoms with Crippen LogP contribution >= 0.6 is 42.7 Å². The molecule has 1 aliphatic rings. The molecule has 0 saturated carbocycles. The number of carbonyl (C=O) groups excluding carboxylic acids is 4. The number of carbonyl (C=O) groups is 2. The van der Waals surface area contributed by atoms with Crippen LogP contribution in [0.1, 0.15) is 168 Å². The summed E-state index contributed by atoms with van der Waals surface area (Å²) in [5.41, 5.74) is 16.8. The summed E-state index contributed by atoms with van der Waals surface area (Å²) in [5, 5.41) is 37.6. The Balaban J connectivity index is -0.000000177. The first-order valence-electron chi connectivity index (χ1n) is 36.0. The summed E-state index contributed by atoms with van der Waals surface area (Å²) in [6.45, 7) is 30.5. The number of nitrogens with two attached hydrogens (primary N) is 4. The number of halogens is 4. The van der Waals surface area contributed by atoms with Crippen molar-refractivity contribution in [3.8, 4) is 0 Å². The zero-order chi connectivity index (χ0) is 99.9. The van der Waals surface area contributed by atoms with Gasteiger partial charge in [-0.3, -0.25) is 9.44 Å². The molecule has 21 N–H and O–H groups in total. The number of isocyanates is 2. The van der Waals surface area contributed by atoms with Crippen LogP contribution in [0.2, 0.25) is 0 Å². The van der Waals surface area contributed by atoms with E-state index in [9.17, 15) is 81.7 Å². The molecule has 1 aromatic heterocycles. The summed E-state index contributed by atoms with van der Waals surface area (Å²) in [7, 11) is -12.3. The van der Waals surface area contributed by atoms with Gasteiger partial charge in [-0.15, -0.1) is 0 Å². The number of benzene rings is 6. The minimum atomic E-state index is -4.05. The molecule has 43 nitrogen and oxygen atoms in total. The van der Waals surface area contributed by atoms with Gasteiger partial charge in [-0.25, -0.2) is 70.2 Å². The van der Waals surface area contributed by atoms with Gasteiger partial charge in [0.15, 0.2) is 10.2 Å². The number of aliphatic hydroxyl groups excluding tert-OH is 1. The van der Waals surface area contributed by atoms with Crippen LogP contribution in [0, 0.1) is 0 Å². The number of ether oxygens (including phenoxy) is 3. The maximum absolute atomic E-state index is 11.6. The first-order chi connectivity index (χ1) is 57.8. The standard InChI is InChI=1S/C12H18N2O4S.C9H14N2O2S.C9H13N2O2S.C9H13N.C7H9N2O2S.C7H9N.C5H10ClNO4S.C4H4N2O.C4H8O.C4H10O.2CClNO3S.CH4O.ClH2NO2S.2K.H2O/c1-12(2,3)18-11(15)14-19(16,17)13-9-10-7-5-4-6-8-10;2*1-7(2)8-3-5-9(6-4-8)11-14(10,12)13;1-7(2)8-3-5-9(10)6-4-8;8-12(10,11)9-6-7-4-2-1-3-5-7;8-6-7-4-2-1-3-5-7;1-5(2,3)11-4(8)7-12(6,9)10;7-4-5-2-1-3-6-4;1-2-4-5-3-1;1-4(2,3)5;2*2-7(5,6)3-1-4;1-2;1-5(2,3)4;;;/h4-8,13H,9H2,1-3H3,(H,14,15);3-7,11H,1-2H3,(H2,10,12,13);3-7,11H,1-2H3,(H-,10,12,13);3-7H,10H2,1-2H3;1-5,9H,6H2,(H-,8,10,11);1-5H,6,8H2;1-3H3,(H,7,8);1-3H,(H,5,6,7);1-4H2;5H,1-3H3;;;2H,1H3;(H2,2,3,4);;;1H2/q;;-1;;-1;;;;;;;;;;2*+1;. The second-order valence-electron chi connectivity index (χ2n) is 27.8. The van der Waals surface area contributed by atoms with E-state index in [-0.39, 0.29) is 127 Å². The molecule has 0 bridgehead atoms. The Bertz CT molecular complexity index is 5210. The van der Waals surface area contributed by atoms with Gasteiger partial charge in [0.2, 0.25) is 0 Å². The van der Waals surface area contributed by atoms with Crippen molar-refractivity contribution in [3.63, 3.8) is 0 Å². The van der Waals surface area contributed by atoms with E-state index in [2.05, 4.69) is 133 Å². The van der Waals surface area contributed by atoms with E-state index in [0.29, 0.717) is 35.7 Å². The second-order valence-corrected chi connectivity index (χ2v) is 42.0. The molecule has 0 aliphatic carbocycles. The fourth-order valence-corrected chi connectivity index (χ4v) is 9.72. The van der Waals surface area contributed by atoms with Crippen molar-refractivity contribution in [1.82, 2.24) is 28.9 Å². The van der Waals surface area contributed by atoms with Gasteiger partial charge in [-0.1, -0.05) is 178 Å². The number of aliphatic hydroxyl groups is 2. The third-order valence-electron chi connectivity index (χ3n) is 11.9. The number of hydrogen-bond donors (Lipinski definition) is 13. The fraction of sp³-hybridized carbons (Fsp3) is 0.397. The number of hydrogen-bond acceptors (Lipinski definition) is 29. The van der Waals surface area contributed by atoms with Gasteiger partial charge in [-0.2, -0.15) is 55.2 Å². The summed E-state index contributed by atoms with van der Waals surface area (Å²) in [5.74, 6) is 1.44. The van der Waals surface area contributed by atoms with E-state index in [1.54, 1.807) is 134 Å². The maximum atomic E-state index is 11.6. The largest absolute Gasteiger partial charge is 1.00 e. The molecule has 130 heavy (non-hydrogen) atoms. The van der Waals surface area contributed by atoms with Crippen LogP contribution in [0.3, 0.4) is 0 Å². The van der Waals surface area contributed by atoms with Crippen molar-refractivity contribution in [1.29, 1.82) is 0 Å². The van der Waals surface area contributed by atoms with Gasteiger partial charge in [0.05, 0.1) is 5.60 Å². The number of nitrogens with zero attached hydrogens (tertiary/aromatic N) is 3. The minimum absolute atomic E-state index is 0. The number of aromatic amines is 1. The van der Waals surface area contributed by atoms with E-state index >= 15 is 0 Å². The predicted octanol–water partition coefficient (Wildman–Crippen LogP) is 4.27. The van der Waals surface area contributed by atoms with E-state index in [1.807, 2.05) is 91.0 Å². The van der Waals surface area contributed by atoms with Gasteiger partial charge < -0.3 is 56.6 Å². The Hall–Kier alpha value is -5.51. The van der Waals surface area contributed by atoms with Crippen molar-refractivity contribution in [2.45, 2.75) is 171 Å². The molecule has 7 aromatic rings. The monoisotopic (exact) mass is 2120 g/mol. The van der Waals surface area contributed by atoms with Gasteiger partial charge in [-0.05, 0) is 169 Å². The first-order valence-corrected chi connectivity index (χ1v) is 51.2. The van der Waals surface area contributed by atoms with E-state index in [0.717, 1.165) is 60.4 Å². The molecule has 728 valence electrons. The first kappa shape index (κ1) is 142. The number of amides is 2. The molecule has 2 amide bonds. The molecule has 6 aromatic carbocycles. The predicted molar refractivity (Wildman–Crippen MR) is 500 cm³/mol. The van der Waals surface area contributed by atoms with Crippen molar-refractivity contribution in [2.75, 3.05) is 35.5 Å². The van der Waals surface area contributed by atoms with Crippen molar-refractivity contribution < 1.29 is 219 Å². The molecule has 0 spiro atoms. The van der Waals surface area contributed by atoms with E-state index < -0.39 is 107 Å². The molecular formula is C73H116Cl4K2N16O27S8.